The van der Waals surface area contributed by atoms with E-state index in [1.807, 2.05) is 0 Å². The maximum atomic E-state index is 11.2. The van der Waals surface area contributed by atoms with Crippen LogP contribution in [0, 0.1) is 0 Å². The van der Waals surface area contributed by atoms with E-state index in [0.29, 0.717) is 0 Å². The molecule has 0 spiro atoms. The van der Waals surface area contributed by atoms with E-state index in [0.717, 1.165) is 0 Å². The van der Waals surface area contributed by atoms with Gasteiger partial charge in [-0.25, -0.2) is 0 Å². The Morgan fingerprint density at radius 2 is 1.46 bits per heavy atom. The maximum Gasteiger partial charge on any atom is 0.287 e. The standard InChI is InChI=1S/C5H10O6S2/c1-2-5-12(6,7)10-3-4-11-13(5,8)9/h5H,2-4H2,1H3. The fraction of sp³-hybridized carbons (Fsp3) is 1.00. The fourth-order valence-corrected chi connectivity index (χ4v) is 4.21. The molecule has 78 valence electrons. The lowest BCUT2D eigenvalue weighted by Gasteiger charge is -2.09. The Kier molecular flexibility index (Phi) is 2.95. The first-order chi connectivity index (χ1) is 5.90. The molecule has 0 aromatic carbocycles. The summed E-state index contributed by atoms with van der Waals surface area (Å²) in [6.45, 7) is 0.938. The molecule has 0 atom stereocenters. The summed E-state index contributed by atoms with van der Waals surface area (Å²) in [6.07, 6.45) is -0.0787. The minimum Gasteiger partial charge on any atom is -0.267 e. The van der Waals surface area contributed by atoms with Gasteiger partial charge in [-0.1, -0.05) is 6.92 Å². The normalized spacial score (nSPS) is 28.1. The van der Waals surface area contributed by atoms with Crippen molar-refractivity contribution in [3.63, 3.8) is 0 Å². The second-order valence-corrected chi connectivity index (χ2v) is 6.35. The minimum absolute atomic E-state index is 0.0787. The van der Waals surface area contributed by atoms with Crippen molar-refractivity contribution in [2.45, 2.75) is 17.9 Å². The molecule has 13 heavy (non-hydrogen) atoms. The molecule has 1 aliphatic rings. The van der Waals surface area contributed by atoms with Gasteiger partial charge in [0.1, 0.15) is 0 Å². The molecule has 8 heteroatoms. The summed E-state index contributed by atoms with van der Waals surface area (Å²) >= 11 is 0. The van der Waals surface area contributed by atoms with Gasteiger partial charge < -0.3 is 0 Å². The van der Waals surface area contributed by atoms with Crippen LogP contribution in [0.2, 0.25) is 0 Å². The fourth-order valence-electron chi connectivity index (χ4n) is 1.00. The molecule has 6 nitrogen and oxygen atoms in total. The van der Waals surface area contributed by atoms with Gasteiger partial charge in [0.2, 0.25) is 4.58 Å². The van der Waals surface area contributed by atoms with Crippen LogP contribution in [0.5, 0.6) is 0 Å². The molecule has 0 saturated carbocycles. The van der Waals surface area contributed by atoms with Gasteiger partial charge in [0.05, 0.1) is 13.2 Å². The monoisotopic (exact) mass is 230 g/mol. The van der Waals surface area contributed by atoms with Crippen LogP contribution in [0.25, 0.3) is 0 Å². The van der Waals surface area contributed by atoms with Gasteiger partial charge in [0.25, 0.3) is 20.2 Å². The van der Waals surface area contributed by atoms with E-state index in [1.165, 1.54) is 6.92 Å². The van der Waals surface area contributed by atoms with Gasteiger partial charge in [0, 0.05) is 0 Å². The van der Waals surface area contributed by atoms with Crippen LogP contribution in [0.3, 0.4) is 0 Å². The Labute approximate surface area is 77.1 Å². The molecule has 1 aliphatic heterocycles. The Morgan fingerprint density at radius 3 is 1.77 bits per heavy atom. The molecule has 0 aromatic rings. The molecular formula is C5H10O6S2. The second-order valence-electron chi connectivity index (χ2n) is 2.47. The Morgan fingerprint density at radius 1 is 1.08 bits per heavy atom. The highest BCUT2D eigenvalue weighted by atomic mass is 32.3. The first-order valence-electron chi connectivity index (χ1n) is 3.66. The molecule has 1 saturated heterocycles. The molecule has 1 heterocycles. The second kappa shape index (κ2) is 3.52. The van der Waals surface area contributed by atoms with E-state index in [-0.39, 0.29) is 19.6 Å². The van der Waals surface area contributed by atoms with E-state index in [9.17, 15) is 16.8 Å². The number of rotatable bonds is 1. The third kappa shape index (κ3) is 2.19. The summed E-state index contributed by atoms with van der Waals surface area (Å²) in [5, 5.41) is 0. The third-order valence-electron chi connectivity index (χ3n) is 1.56. The largest absolute Gasteiger partial charge is 0.287 e. The van der Waals surface area contributed by atoms with Crippen molar-refractivity contribution in [2.75, 3.05) is 13.2 Å². The van der Waals surface area contributed by atoms with Crippen molar-refractivity contribution >= 4 is 20.2 Å². The van der Waals surface area contributed by atoms with Gasteiger partial charge >= 0.3 is 0 Å². The zero-order valence-corrected chi connectivity index (χ0v) is 8.60. The molecule has 1 rings (SSSR count). The highest BCUT2D eigenvalue weighted by molar-refractivity contribution is 8.04. The predicted octanol–water partition coefficient (Wildman–Crippen LogP) is -0.571. The van der Waals surface area contributed by atoms with E-state index in [4.69, 9.17) is 0 Å². The van der Waals surface area contributed by atoms with E-state index in [2.05, 4.69) is 8.37 Å². The summed E-state index contributed by atoms with van der Waals surface area (Å²) < 4.78 is 51.9. The van der Waals surface area contributed by atoms with Gasteiger partial charge in [-0.3, -0.25) is 8.37 Å². The third-order valence-corrected chi connectivity index (χ3v) is 5.91. The molecule has 0 N–H and O–H groups in total. The van der Waals surface area contributed by atoms with Crippen molar-refractivity contribution in [1.82, 2.24) is 0 Å². The van der Waals surface area contributed by atoms with Crippen molar-refractivity contribution in [1.29, 1.82) is 0 Å². The molecule has 0 aliphatic carbocycles. The van der Waals surface area contributed by atoms with Crippen molar-refractivity contribution in [3.8, 4) is 0 Å². The SMILES string of the molecule is CCC1S(=O)(=O)OCCOS1(=O)=O. The van der Waals surface area contributed by atoms with Crippen LogP contribution in [0.4, 0.5) is 0 Å². The topological polar surface area (TPSA) is 86.7 Å². The molecule has 0 bridgehead atoms. The summed E-state index contributed by atoms with van der Waals surface area (Å²) in [4.78, 5) is 0. The lowest BCUT2D eigenvalue weighted by atomic mass is 10.6. The average molecular weight is 230 g/mol. The quantitative estimate of drug-likeness (QED) is 0.560. The van der Waals surface area contributed by atoms with Gasteiger partial charge in [-0.05, 0) is 6.42 Å². The molecule has 0 amide bonds. The molecule has 0 radical (unpaired) electrons. The van der Waals surface area contributed by atoms with Gasteiger partial charge in [0.15, 0.2) is 0 Å². The smallest absolute Gasteiger partial charge is 0.267 e. The summed E-state index contributed by atoms with van der Waals surface area (Å²) in [5.74, 6) is 0. The zero-order valence-electron chi connectivity index (χ0n) is 6.96. The van der Waals surface area contributed by atoms with Crippen LogP contribution in [-0.2, 0) is 28.6 Å². The highest BCUT2D eigenvalue weighted by Gasteiger charge is 2.40. The Balaban J connectivity index is 3.17. The van der Waals surface area contributed by atoms with Gasteiger partial charge in [-0.15, -0.1) is 0 Å². The van der Waals surface area contributed by atoms with E-state index >= 15 is 0 Å². The Hall–Kier alpha value is -0.180. The lowest BCUT2D eigenvalue weighted by molar-refractivity contribution is 0.237. The van der Waals surface area contributed by atoms with E-state index in [1.54, 1.807) is 0 Å². The van der Waals surface area contributed by atoms with Crippen molar-refractivity contribution < 1.29 is 25.2 Å². The lowest BCUT2D eigenvalue weighted by Crippen LogP contribution is -2.29. The highest BCUT2D eigenvalue weighted by Crippen LogP contribution is 2.19. The molecule has 1 fully saturated rings. The van der Waals surface area contributed by atoms with Crippen LogP contribution in [0.1, 0.15) is 13.3 Å². The first kappa shape index (κ1) is 10.9. The average Bonchev–Trinajstić information content (AvgIpc) is 2.06. The first-order valence-corrected chi connectivity index (χ1v) is 6.61. The van der Waals surface area contributed by atoms with Crippen LogP contribution in [0.15, 0.2) is 0 Å². The van der Waals surface area contributed by atoms with Crippen LogP contribution < -0.4 is 0 Å². The van der Waals surface area contributed by atoms with Crippen LogP contribution in [-0.4, -0.2) is 34.6 Å². The zero-order chi connectivity index (χ0) is 10.1. The molecule has 0 aromatic heterocycles. The summed E-state index contributed by atoms with van der Waals surface area (Å²) in [5.41, 5.74) is 0. The van der Waals surface area contributed by atoms with Crippen molar-refractivity contribution in [2.24, 2.45) is 0 Å². The van der Waals surface area contributed by atoms with Gasteiger partial charge in [-0.2, -0.15) is 16.8 Å². The number of hydrogen-bond acceptors (Lipinski definition) is 6. The predicted molar refractivity (Wildman–Crippen MR) is 43.8 cm³/mol. The van der Waals surface area contributed by atoms with Crippen molar-refractivity contribution in [3.05, 3.63) is 0 Å². The van der Waals surface area contributed by atoms with Crippen LogP contribution >= 0.6 is 0 Å². The Bertz CT molecular complexity index is 330. The summed E-state index contributed by atoms with van der Waals surface area (Å²) in [7, 11) is -8.06. The molecule has 0 unspecified atom stereocenters. The van der Waals surface area contributed by atoms with E-state index < -0.39 is 24.8 Å². The number of hydrogen-bond donors (Lipinski definition) is 0. The maximum absolute atomic E-state index is 11.2. The minimum atomic E-state index is -4.03. The summed E-state index contributed by atoms with van der Waals surface area (Å²) in [6, 6.07) is 0. The molecular weight excluding hydrogens is 220 g/mol.